The minimum Gasteiger partial charge on any atom is -0.484 e. The highest BCUT2D eigenvalue weighted by Crippen LogP contribution is 2.32. The van der Waals surface area contributed by atoms with Gasteiger partial charge in [-0.3, -0.25) is 4.79 Å². The largest absolute Gasteiger partial charge is 0.484 e. The molecule has 37 heavy (non-hydrogen) atoms. The van der Waals surface area contributed by atoms with E-state index in [4.69, 9.17) is 26.8 Å². The van der Waals surface area contributed by atoms with Gasteiger partial charge in [0.2, 0.25) is 5.91 Å². The number of nitrogens with two attached hydrogens (primary N) is 1. The molecule has 0 spiro atoms. The number of hydrogen-bond acceptors (Lipinski definition) is 6. The van der Waals surface area contributed by atoms with Crippen molar-refractivity contribution in [1.29, 1.82) is 0 Å². The second-order valence-electron chi connectivity index (χ2n) is 9.15. The van der Waals surface area contributed by atoms with Gasteiger partial charge in [-0.2, -0.15) is 0 Å². The third kappa shape index (κ3) is 6.77. The Morgan fingerprint density at radius 1 is 1.22 bits per heavy atom. The number of halogens is 3. The van der Waals surface area contributed by atoms with Crippen molar-refractivity contribution in [1.82, 2.24) is 9.88 Å². The van der Waals surface area contributed by atoms with Crippen LogP contribution in [-0.2, 0) is 17.8 Å². The number of nitrogens with zero attached hydrogens (tertiary/aromatic N) is 2. The van der Waals surface area contributed by atoms with Gasteiger partial charge in [-0.1, -0.05) is 41.1 Å². The van der Waals surface area contributed by atoms with Crippen molar-refractivity contribution >= 4 is 28.8 Å². The summed E-state index contributed by atoms with van der Waals surface area (Å²) < 4.78 is 38.4. The first-order valence-electron chi connectivity index (χ1n) is 12.2. The summed E-state index contributed by atoms with van der Waals surface area (Å²) in [7, 11) is 0. The van der Waals surface area contributed by atoms with Crippen LogP contribution in [0.2, 0.25) is 5.02 Å². The lowest BCUT2D eigenvalue weighted by atomic mass is 10.00. The van der Waals surface area contributed by atoms with E-state index in [9.17, 15) is 13.6 Å². The van der Waals surface area contributed by atoms with Gasteiger partial charge in [0.1, 0.15) is 13.2 Å². The monoisotopic (exact) mass is 549 g/mol. The third-order valence-electron chi connectivity index (χ3n) is 6.50. The number of aryl methyl sites for hydroxylation is 1. The Morgan fingerprint density at radius 2 is 1.97 bits per heavy atom. The molecule has 1 fully saturated rings. The van der Waals surface area contributed by atoms with Gasteiger partial charge in [-0.05, 0) is 61.9 Å². The van der Waals surface area contributed by atoms with E-state index in [-0.39, 0.29) is 42.6 Å². The molecule has 3 aromatic rings. The summed E-state index contributed by atoms with van der Waals surface area (Å²) in [6.07, 6.45) is 4.15. The van der Waals surface area contributed by atoms with Crippen molar-refractivity contribution in [2.75, 3.05) is 19.8 Å². The number of ether oxygens (including phenoxy) is 2. The van der Waals surface area contributed by atoms with E-state index in [1.165, 1.54) is 22.5 Å². The van der Waals surface area contributed by atoms with Crippen molar-refractivity contribution in [2.45, 2.75) is 45.7 Å². The summed E-state index contributed by atoms with van der Waals surface area (Å²) >= 11 is 6.98. The standard InChI is InChI=1S/C27H30ClF2N3O3S/c1-16-4-3-5-18(17(16)2)15-33(20-6-7-20)26(34)19(13-31)12-21-14-32-27(37-21)36-11-10-35-25-23(29)9-8-22(28)24(25)30/h3-5,8-9,14,19-20H,6-7,10-13,15,31H2,1-2H3. The molecule has 10 heteroatoms. The van der Waals surface area contributed by atoms with Crippen LogP contribution < -0.4 is 15.2 Å². The Bertz CT molecular complexity index is 1250. The zero-order chi connectivity index (χ0) is 26.5. The quantitative estimate of drug-likeness (QED) is 0.240. The number of carbonyl (C=O) groups is 1. The lowest BCUT2D eigenvalue weighted by Gasteiger charge is -2.27. The van der Waals surface area contributed by atoms with E-state index in [2.05, 4.69) is 31.0 Å². The number of benzene rings is 2. The summed E-state index contributed by atoms with van der Waals surface area (Å²) in [4.78, 5) is 20.6. The molecule has 1 aliphatic rings. The molecule has 4 rings (SSSR count). The number of rotatable bonds is 12. The zero-order valence-corrected chi connectivity index (χ0v) is 22.4. The van der Waals surface area contributed by atoms with Crippen LogP contribution in [0.25, 0.3) is 0 Å². The van der Waals surface area contributed by atoms with Crippen molar-refractivity contribution in [3.05, 3.63) is 74.8 Å². The van der Waals surface area contributed by atoms with Crippen LogP contribution in [0.15, 0.2) is 36.5 Å². The molecule has 1 amide bonds. The predicted octanol–water partition coefficient (Wildman–Crippen LogP) is 5.46. The molecule has 0 aliphatic heterocycles. The molecule has 1 atom stereocenters. The molecule has 0 bridgehead atoms. The van der Waals surface area contributed by atoms with Crippen molar-refractivity contribution in [2.24, 2.45) is 11.7 Å². The van der Waals surface area contributed by atoms with Crippen LogP contribution in [-0.4, -0.2) is 41.6 Å². The highest BCUT2D eigenvalue weighted by Gasteiger charge is 2.36. The minimum atomic E-state index is -0.950. The van der Waals surface area contributed by atoms with Gasteiger partial charge >= 0.3 is 0 Å². The summed E-state index contributed by atoms with van der Waals surface area (Å²) in [6, 6.07) is 8.61. The van der Waals surface area contributed by atoms with E-state index in [1.54, 1.807) is 6.20 Å². The van der Waals surface area contributed by atoms with Crippen molar-refractivity contribution in [3.8, 4) is 10.9 Å². The molecular formula is C27H30ClF2N3O3S. The Balaban J connectivity index is 1.32. The average Bonchev–Trinajstić information content (AvgIpc) is 3.63. The molecule has 1 aromatic heterocycles. The molecule has 0 saturated heterocycles. The van der Waals surface area contributed by atoms with Gasteiger partial charge < -0.3 is 20.1 Å². The first-order valence-corrected chi connectivity index (χ1v) is 13.4. The fraction of sp³-hybridized carbons (Fsp3) is 0.407. The van der Waals surface area contributed by atoms with E-state index in [0.717, 1.165) is 35.4 Å². The van der Waals surface area contributed by atoms with Crippen LogP contribution in [0.3, 0.4) is 0 Å². The lowest BCUT2D eigenvalue weighted by molar-refractivity contribution is -0.136. The van der Waals surface area contributed by atoms with Crippen LogP contribution >= 0.6 is 22.9 Å². The number of carbonyl (C=O) groups excluding carboxylic acids is 1. The SMILES string of the molecule is Cc1cccc(CN(C(=O)C(CN)Cc2cnc(OCCOc3c(F)ccc(Cl)c3F)s2)C2CC2)c1C. The van der Waals surface area contributed by atoms with Crippen LogP contribution in [0.5, 0.6) is 10.9 Å². The highest BCUT2D eigenvalue weighted by molar-refractivity contribution is 7.13. The Labute approximate surface area is 224 Å². The number of thiazole rings is 1. The fourth-order valence-electron chi connectivity index (χ4n) is 4.05. The summed E-state index contributed by atoms with van der Waals surface area (Å²) in [5, 5.41) is 0.156. The number of aromatic nitrogens is 1. The van der Waals surface area contributed by atoms with E-state index < -0.39 is 17.4 Å². The van der Waals surface area contributed by atoms with Crippen LogP contribution in [0.1, 0.15) is 34.4 Å². The maximum absolute atomic E-state index is 13.9. The first-order chi connectivity index (χ1) is 17.8. The maximum Gasteiger partial charge on any atom is 0.273 e. The van der Waals surface area contributed by atoms with Gasteiger partial charge in [-0.25, -0.2) is 13.8 Å². The molecule has 1 aliphatic carbocycles. The van der Waals surface area contributed by atoms with Crippen molar-refractivity contribution in [3.63, 3.8) is 0 Å². The smallest absolute Gasteiger partial charge is 0.273 e. The first kappa shape index (κ1) is 27.3. The van der Waals surface area contributed by atoms with Gasteiger partial charge in [0.05, 0.1) is 10.9 Å². The number of amides is 1. The fourth-order valence-corrected chi connectivity index (χ4v) is 5.06. The van der Waals surface area contributed by atoms with Gasteiger partial charge in [0, 0.05) is 30.2 Å². The minimum absolute atomic E-state index is 0.0307. The topological polar surface area (TPSA) is 77.7 Å². The van der Waals surface area contributed by atoms with Gasteiger partial charge in [0.25, 0.3) is 5.19 Å². The summed E-state index contributed by atoms with van der Waals surface area (Å²) in [5.74, 6) is -2.64. The molecule has 1 heterocycles. The second kappa shape index (κ2) is 12.2. The predicted molar refractivity (Wildman–Crippen MR) is 140 cm³/mol. The lowest BCUT2D eigenvalue weighted by Crippen LogP contribution is -2.41. The van der Waals surface area contributed by atoms with E-state index >= 15 is 0 Å². The van der Waals surface area contributed by atoms with Crippen LogP contribution in [0.4, 0.5) is 8.78 Å². The number of hydrogen-bond donors (Lipinski definition) is 1. The molecular weight excluding hydrogens is 520 g/mol. The summed E-state index contributed by atoms with van der Waals surface area (Å²) in [5.41, 5.74) is 9.62. The van der Waals surface area contributed by atoms with Crippen molar-refractivity contribution < 1.29 is 23.0 Å². The van der Waals surface area contributed by atoms with E-state index in [0.29, 0.717) is 18.2 Å². The van der Waals surface area contributed by atoms with Gasteiger partial charge in [-0.15, -0.1) is 0 Å². The van der Waals surface area contributed by atoms with Crippen LogP contribution in [0, 0.1) is 31.4 Å². The van der Waals surface area contributed by atoms with Gasteiger partial charge in [0.15, 0.2) is 17.4 Å². The molecule has 1 saturated carbocycles. The molecule has 1 unspecified atom stereocenters. The average molecular weight is 550 g/mol. The molecule has 2 N–H and O–H groups in total. The maximum atomic E-state index is 13.9. The second-order valence-corrected chi connectivity index (χ2v) is 10.6. The Kier molecular flexibility index (Phi) is 9.00. The molecule has 2 aromatic carbocycles. The molecule has 198 valence electrons. The summed E-state index contributed by atoms with van der Waals surface area (Å²) in [6.45, 7) is 4.91. The Hall–Kier alpha value is -2.75. The zero-order valence-electron chi connectivity index (χ0n) is 20.8. The third-order valence-corrected chi connectivity index (χ3v) is 7.72. The Morgan fingerprint density at radius 3 is 2.70 bits per heavy atom. The molecule has 0 radical (unpaired) electrons. The molecule has 6 nitrogen and oxygen atoms in total. The highest BCUT2D eigenvalue weighted by atomic mass is 35.5. The normalized spacial score (nSPS) is 13.9. The van der Waals surface area contributed by atoms with E-state index in [1.807, 2.05) is 11.0 Å².